The van der Waals surface area contributed by atoms with Crippen LogP contribution in [0.2, 0.25) is 0 Å². The third-order valence-electron chi connectivity index (χ3n) is 3.68. The van der Waals surface area contributed by atoms with Crippen LogP contribution in [0.5, 0.6) is 0 Å². The van der Waals surface area contributed by atoms with Crippen LogP contribution in [0, 0.1) is 5.92 Å². The van der Waals surface area contributed by atoms with Crippen molar-refractivity contribution in [3.05, 3.63) is 0 Å². The zero-order valence-electron chi connectivity index (χ0n) is 9.28. The summed E-state index contributed by atoms with van der Waals surface area (Å²) in [6.07, 6.45) is 4.16. The molecular formula is C11H22N2S. The van der Waals surface area contributed by atoms with E-state index in [1.165, 1.54) is 25.0 Å². The molecule has 1 saturated heterocycles. The Hall–Kier alpha value is 0.270. The van der Waals surface area contributed by atoms with E-state index in [1.54, 1.807) is 0 Å². The van der Waals surface area contributed by atoms with E-state index < -0.39 is 0 Å². The highest BCUT2D eigenvalue weighted by molar-refractivity contribution is 8.00. The molecule has 3 atom stereocenters. The van der Waals surface area contributed by atoms with Gasteiger partial charge >= 0.3 is 0 Å². The summed E-state index contributed by atoms with van der Waals surface area (Å²) >= 11 is 2.11. The van der Waals surface area contributed by atoms with Crippen LogP contribution >= 0.6 is 11.8 Å². The first-order valence-electron chi connectivity index (χ1n) is 5.76. The second-order valence-electron chi connectivity index (χ2n) is 4.84. The van der Waals surface area contributed by atoms with Crippen LogP contribution in [-0.2, 0) is 0 Å². The standard InChI is InChI=1S/C11H22N2S/c1-8-5-10(7-14-8)13(2)11(6-12)9-3-4-9/h8-11H,3-7,12H2,1-2H3. The van der Waals surface area contributed by atoms with Crippen molar-refractivity contribution >= 4 is 11.8 Å². The van der Waals surface area contributed by atoms with Crippen molar-refractivity contribution in [1.29, 1.82) is 0 Å². The molecule has 0 aromatic carbocycles. The monoisotopic (exact) mass is 214 g/mol. The number of hydrogen-bond acceptors (Lipinski definition) is 3. The van der Waals surface area contributed by atoms with E-state index in [1.807, 2.05) is 0 Å². The minimum atomic E-state index is 0.658. The van der Waals surface area contributed by atoms with Crippen LogP contribution in [0.15, 0.2) is 0 Å². The predicted molar refractivity (Wildman–Crippen MR) is 63.7 cm³/mol. The number of rotatable bonds is 4. The summed E-state index contributed by atoms with van der Waals surface area (Å²) in [6.45, 7) is 3.18. The minimum absolute atomic E-state index is 0.658. The molecule has 0 amide bonds. The molecule has 1 heterocycles. The average Bonchev–Trinajstić information content (AvgIpc) is 2.90. The number of nitrogens with two attached hydrogens (primary N) is 1. The molecule has 3 unspecified atom stereocenters. The summed E-state index contributed by atoms with van der Waals surface area (Å²) in [6, 6.07) is 1.44. The average molecular weight is 214 g/mol. The molecule has 0 radical (unpaired) electrons. The lowest BCUT2D eigenvalue weighted by Gasteiger charge is -2.32. The van der Waals surface area contributed by atoms with Gasteiger partial charge in [0, 0.05) is 29.6 Å². The molecule has 2 rings (SSSR count). The van der Waals surface area contributed by atoms with Crippen LogP contribution in [0.4, 0.5) is 0 Å². The molecule has 0 spiro atoms. The van der Waals surface area contributed by atoms with Crippen LogP contribution in [0.25, 0.3) is 0 Å². The van der Waals surface area contributed by atoms with Crippen molar-refractivity contribution in [2.45, 2.75) is 43.5 Å². The van der Waals surface area contributed by atoms with Gasteiger partial charge in [-0.15, -0.1) is 0 Å². The van der Waals surface area contributed by atoms with E-state index in [0.717, 1.165) is 23.8 Å². The molecule has 1 aliphatic heterocycles. The van der Waals surface area contributed by atoms with Gasteiger partial charge in [0.05, 0.1) is 0 Å². The first-order valence-corrected chi connectivity index (χ1v) is 6.81. The molecule has 2 fully saturated rings. The van der Waals surface area contributed by atoms with E-state index >= 15 is 0 Å². The highest BCUT2D eigenvalue weighted by Crippen LogP contribution is 2.37. The molecule has 0 bridgehead atoms. The summed E-state index contributed by atoms with van der Waals surface area (Å²) in [4.78, 5) is 2.56. The maximum atomic E-state index is 5.87. The summed E-state index contributed by atoms with van der Waals surface area (Å²) in [5.74, 6) is 2.21. The summed E-state index contributed by atoms with van der Waals surface area (Å²) in [5.41, 5.74) is 5.87. The number of nitrogens with zero attached hydrogens (tertiary/aromatic N) is 1. The Bertz CT molecular complexity index is 194. The van der Waals surface area contributed by atoms with E-state index in [0.29, 0.717) is 6.04 Å². The molecule has 2 N–H and O–H groups in total. The van der Waals surface area contributed by atoms with Crippen LogP contribution in [0.1, 0.15) is 26.2 Å². The Morgan fingerprint density at radius 1 is 1.50 bits per heavy atom. The van der Waals surface area contributed by atoms with Crippen molar-refractivity contribution in [1.82, 2.24) is 4.90 Å². The number of thioether (sulfide) groups is 1. The van der Waals surface area contributed by atoms with Gasteiger partial charge in [-0.05, 0) is 32.2 Å². The van der Waals surface area contributed by atoms with Crippen molar-refractivity contribution in [2.75, 3.05) is 19.3 Å². The van der Waals surface area contributed by atoms with Gasteiger partial charge < -0.3 is 5.73 Å². The highest BCUT2D eigenvalue weighted by atomic mass is 32.2. The first kappa shape index (κ1) is 10.8. The molecule has 0 aromatic heterocycles. The van der Waals surface area contributed by atoms with Gasteiger partial charge in [0.25, 0.3) is 0 Å². The number of likely N-dealkylation sites (N-methyl/N-ethyl adjacent to an activating group) is 1. The third-order valence-corrected chi connectivity index (χ3v) is 5.02. The SMILES string of the molecule is CC1CC(N(C)C(CN)C2CC2)CS1. The summed E-state index contributed by atoms with van der Waals surface area (Å²) < 4.78 is 0. The zero-order chi connectivity index (χ0) is 10.1. The molecule has 14 heavy (non-hydrogen) atoms. The zero-order valence-corrected chi connectivity index (χ0v) is 10.1. The second kappa shape index (κ2) is 4.42. The third kappa shape index (κ3) is 2.26. The summed E-state index contributed by atoms with van der Waals surface area (Å²) in [7, 11) is 2.28. The Morgan fingerprint density at radius 2 is 2.21 bits per heavy atom. The van der Waals surface area contributed by atoms with Crippen molar-refractivity contribution < 1.29 is 0 Å². The lowest BCUT2D eigenvalue weighted by atomic mass is 10.1. The lowest BCUT2D eigenvalue weighted by Crippen LogP contribution is -2.45. The highest BCUT2D eigenvalue weighted by Gasteiger charge is 2.37. The number of hydrogen-bond donors (Lipinski definition) is 1. The fourth-order valence-electron chi connectivity index (χ4n) is 2.52. The molecular weight excluding hydrogens is 192 g/mol. The minimum Gasteiger partial charge on any atom is -0.329 e. The molecule has 2 nitrogen and oxygen atoms in total. The maximum Gasteiger partial charge on any atom is 0.0246 e. The van der Waals surface area contributed by atoms with Crippen LogP contribution in [-0.4, -0.2) is 41.6 Å². The fraction of sp³-hybridized carbons (Fsp3) is 1.00. The second-order valence-corrected chi connectivity index (χ2v) is 6.31. The van der Waals surface area contributed by atoms with Gasteiger partial charge in [-0.25, -0.2) is 0 Å². The Balaban J connectivity index is 1.88. The Morgan fingerprint density at radius 3 is 2.64 bits per heavy atom. The maximum absolute atomic E-state index is 5.87. The lowest BCUT2D eigenvalue weighted by molar-refractivity contribution is 0.170. The molecule has 0 aromatic rings. The predicted octanol–water partition coefficient (Wildman–Crippen LogP) is 1.55. The van der Waals surface area contributed by atoms with E-state index in [9.17, 15) is 0 Å². The smallest absolute Gasteiger partial charge is 0.0246 e. The van der Waals surface area contributed by atoms with Crippen LogP contribution in [0.3, 0.4) is 0 Å². The van der Waals surface area contributed by atoms with Gasteiger partial charge in [0.2, 0.25) is 0 Å². The van der Waals surface area contributed by atoms with E-state index in [-0.39, 0.29) is 0 Å². The van der Waals surface area contributed by atoms with Crippen molar-refractivity contribution in [3.8, 4) is 0 Å². The van der Waals surface area contributed by atoms with Crippen molar-refractivity contribution in [3.63, 3.8) is 0 Å². The summed E-state index contributed by atoms with van der Waals surface area (Å²) in [5, 5.41) is 0.847. The van der Waals surface area contributed by atoms with E-state index in [4.69, 9.17) is 5.73 Å². The Kier molecular flexibility index (Phi) is 3.40. The topological polar surface area (TPSA) is 29.3 Å². The van der Waals surface area contributed by atoms with Crippen LogP contribution < -0.4 is 5.73 Å². The van der Waals surface area contributed by atoms with Gasteiger partial charge in [0.1, 0.15) is 0 Å². The molecule has 1 aliphatic carbocycles. The van der Waals surface area contributed by atoms with Crippen molar-refractivity contribution in [2.24, 2.45) is 11.7 Å². The van der Waals surface area contributed by atoms with Gasteiger partial charge in [-0.2, -0.15) is 11.8 Å². The Labute approximate surface area is 91.6 Å². The molecule has 82 valence electrons. The molecule has 1 saturated carbocycles. The normalized spacial score (nSPS) is 35.1. The molecule has 3 heteroatoms. The molecule has 2 aliphatic rings. The van der Waals surface area contributed by atoms with Gasteiger partial charge in [-0.1, -0.05) is 6.92 Å². The van der Waals surface area contributed by atoms with E-state index in [2.05, 4.69) is 30.6 Å². The van der Waals surface area contributed by atoms with Gasteiger partial charge in [0.15, 0.2) is 0 Å². The van der Waals surface area contributed by atoms with Gasteiger partial charge in [-0.3, -0.25) is 4.90 Å². The first-order chi connectivity index (χ1) is 6.72. The fourth-order valence-corrected chi connectivity index (χ4v) is 3.80. The quantitative estimate of drug-likeness (QED) is 0.770. The largest absolute Gasteiger partial charge is 0.329 e.